The van der Waals surface area contributed by atoms with Gasteiger partial charge in [0.2, 0.25) is 0 Å². The number of rotatable bonds is 4. The second-order valence-electron chi connectivity index (χ2n) is 3.68. The van der Waals surface area contributed by atoms with Crippen molar-refractivity contribution in [1.82, 2.24) is 9.97 Å². The van der Waals surface area contributed by atoms with Crippen LogP contribution in [0.2, 0.25) is 0 Å². The number of hydrogen-bond acceptors (Lipinski definition) is 4. The first-order chi connectivity index (χ1) is 8.51. The molecule has 0 amide bonds. The van der Waals surface area contributed by atoms with Crippen molar-refractivity contribution in [2.45, 2.75) is 11.9 Å². The van der Waals surface area contributed by atoms with Gasteiger partial charge in [0.25, 0.3) is 10.0 Å². The standard InChI is InChI=1S/C11H11N3O3S/c1-8-12-6-11(13-8)18(16,17)14-10-4-2-9(7-15)3-5-10/h2-7,14H,1H3,(H,12,13). The summed E-state index contributed by atoms with van der Waals surface area (Å²) in [5.41, 5.74) is 0.864. The topological polar surface area (TPSA) is 91.9 Å². The summed E-state index contributed by atoms with van der Waals surface area (Å²) >= 11 is 0. The Morgan fingerprint density at radius 3 is 2.44 bits per heavy atom. The van der Waals surface area contributed by atoms with Gasteiger partial charge in [-0.3, -0.25) is 9.52 Å². The fourth-order valence-corrected chi connectivity index (χ4v) is 2.40. The number of benzene rings is 1. The van der Waals surface area contributed by atoms with Crippen molar-refractivity contribution in [2.24, 2.45) is 0 Å². The van der Waals surface area contributed by atoms with Gasteiger partial charge in [0, 0.05) is 11.3 Å². The number of H-pyrrole nitrogens is 1. The molecule has 0 aliphatic heterocycles. The lowest BCUT2D eigenvalue weighted by atomic mass is 10.2. The molecular formula is C11H11N3O3S. The van der Waals surface area contributed by atoms with Crippen molar-refractivity contribution >= 4 is 22.0 Å². The van der Waals surface area contributed by atoms with Crippen molar-refractivity contribution in [1.29, 1.82) is 0 Å². The van der Waals surface area contributed by atoms with Crippen LogP contribution in [0.5, 0.6) is 0 Å². The summed E-state index contributed by atoms with van der Waals surface area (Å²) in [5, 5.41) is -0.000496. The zero-order valence-corrected chi connectivity index (χ0v) is 10.4. The van der Waals surface area contributed by atoms with Crippen molar-refractivity contribution < 1.29 is 13.2 Å². The second-order valence-corrected chi connectivity index (χ2v) is 5.33. The summed E-state index contributed by atoms with van der Waals surface area (Å²) in [6.45, 7) is 1.66. The summed E-state index contributed by atoms with van der Waals surface area (Å²) in [6.07, 6.45) is 1.94. The van der Waals surface area contributed by atoms with Crippen LogP contribution in [0, 0.1) is 6.92 Å². The van der Waals surface area contributed by atoms with Crippen LogP contribution < -0.4 is 4.72 Å². The quantitative estimate of drug-likeness (QED) is 0.816. The highest BCUT2D eigenvalue weighted by Gasteiger charge is 2.16. The molecule has 1 aromatic heterocycles. The average Bonchev–Trinajstić information content (AvgIpc) is 2.77. The SMILES string of the molecule is Cc1ncc(S(=O)(=O)Nc2ccc(C=O)cc2)[nH]1. The van der Waals surface area contributed by atoms with Crippen LogP contribution in [0.1, 0.15) is 16.2 Å². The highest BCUT2D eigenvalue weighted by Crippen LogP contribution is 2.14. The summed E-state index contributed by atoms with van der Waals surface area (Å²) in [7, 11) is -3.67. The molecular weight excluding hydrogens is 254 g/mol. The van der Waals surface area contributed by atoms with Gasteiger partial charge in [0.1, 0.15) is 12.1 Å². The Morgan fingerprint density at radius 2 is 1.94 bits per heavy atom. The molecule has 2 N–H and O–H groups in total. The van der Waals surface area contributed by atoms with Gasteiger partial charge < -0.3 is 4.98 Å². The number of carbonyl (C=O) groups is 1. The van der Waals surface area contributed by atoms with Crippen LogP contribution in [-0.4, -0.2) is 24.7 Å². The van der Waals surface area contributed by atoms with E-state index in [1.54, 1.807) is 6.92 Å². The smallest absolute Gasteiger partial charge is 0.278 e. The lowest BCUT2D eigenvalue weighted by Gasteiger charge is -2.05. The highest BCUT2D eigenvalue weighted by atomic mass is 32.2. The van der Waals surface area contributed by atoms with E-state index >= 15 is 0 Å². The van der Waals surface area contributed by atoms with Crippen molar-refractivity contribution in [2.75, 3.05) is 4.72 Å². The van der Waals surface area contributed by atoms with Gasteiger partial charge in [-0.05, 0) is 31.2 Å². The second kappa shape index (κ2) is 4.61. The Labute approximate surface area is 104 Å². The molecule has 0 aliphatic carbocycles. The lowest BCUT2D eigenvalue weighted by Crippen LogP contribution is -2.13. The molecule has 0 bridgehead atoms. The van der Waals surface area contributed by atoms with E-state index in [1.165, 1.54) is 30.5 Å². The van der Waals surface area contributed by atoms with Gasteiger partial charge in [0.05, 0.1) is 6.20 Å². The molecule has 1 heterocycles. The molecule has 94 valence electrons. The third-order valence-electron chi connectivity index (χ3n) is 2.27. The number of nitrogens with one attached hydrogen (secondary N) is 2. The number of anilines is 1. The van der Waals surface area contributed by atoms with Gasteiger partial charge in [-0.25, -0.2) is 4.98 Å². The number of aldehydes is 1. The molecule has 0 aliphatic rings. The molecule has 1 aromatic carbocycles. The van der Waals surface area contributed by atoms with E-state index in [4.69, 9.17) is 0 Å². The molecule has 0 radical (unpaired) electrons. The molecule has 0 saturated carbocycles. The number of nitrogens with zero attached hydrogens (tertiary/aromatic N) is 1. The first-order valence-corrected chi connectivity index (χ1v) is 6.59. The third kappa shape index (κ3) is 2.57. The molecule has 2 aromatic rings. The Morgan fingerprint density at radius 1 is 1.28 bits per heavy atom. The van der Waals surface area contributed by atoms with Gasteiger partial charge in [0.15, 0.2) is 5.03 Å². The Balaban J connectivity index is 2.24. The molecule has 7 heteroatoms. The molecule has 0 fully saturated rings. The summed E-state index contributed by atoms with van der Waals surface area (Å²) in [6, 6.07) is 6.10. The van der Waals surface area contributed by atoms with E-state index in [2.05, 4.69) is 14.7 Å². The number of carbonyl (C=O) groups excluding carboxylic acids is 1. The minimum atomic E-state index is -3.67. The lowest BCUT2D eigenvalue weighted by molar-refractivity contribution is 0.112. The van der Waals surface area contributed by atoms with Crippen LogP contribution in [0.4, 0.5) is 5.69 Å². The molecule has 0 unspecified atom stereocenters. The molecule has 18 heavy (non-hydrogen) atoms. The number of aromatic amines is 1. The molecule has 0 spiro atoms. The molecule has 2 rings (SSSR count). The largest absolute Gasteiger partial charge is 0.332 e. The van der Waals surface area contributed by atoms with Crippen LogP contribution in [-0.2, 0) is 10.0 Å². The monoisotopic (exact) mass is 265 g/mol. The highest BCUT2D eigenvalue weighted by molar-refractivity contribution is 7.92. The van der Waals surface area contributed by atoms with Gasteiger partial charge in [-0.1, -0.05) is 0 Å². The maximum atomic E-state index is 11.9. The fraction of sp³-hybridized carbons (Fsp3) is 0.0909. The van der Waals surface area contributed by atoms with Gasteiger partial charge in [-0.15, -0.1) is 0 Å². The van der Waals surface area contributed by atoms with Crippen LogP contribution in [0.25, 0.3) is 0 Å². The Bertz CT molecular complexity index is 659. The molecule has 6 nitrogen and oxygen atoms in total. The predicted molar refractivity (Wildman–Crippen MR) is 66.0 cm³/mol. The predicted octanol–water partition coefficient (Wildman–Crippen LogP) is 1.33. The van der Waals surface area contributed by atoms with Gasteiger partial charge >= 0.3 is 0 Å². The van der Waals surface area contributed by atoms with Crippen molar-refractivity contribution in [3.05, 3.63) is 41.9 Å². The third-order valence-corrected chi connectivity index (χ3v) is 3.56. The van der Waals surface area contributed by atoms with E-state index in [9.17, 15) is 13.2 Å². The number of sulfonamides is 1. The van der Waals surface area contributed by atoms with Crippen LogP contribution in [0.15, 0.2) is 35.5 Å². The van der Waals surface area contributed by atoms with Crippen LogP contribution >= 0.6 is 0 Å². The average molecular weight is 265 g/mol. The van der Waals surface area contributed by atoms with E-state index in [1.807, 2.05) is 0 Å². The molecule has 0 saturated heterocycles. The number of hydrogen-bond donors (Lipinski definition) is 2. The van der Waals surface area contributed by atoms with E-state index < -0.39 is 10.0 Å². The van der Waals surface area contributed by atoms with Crippen molar-refractivity contribution in [3.8, 4) is 0 Å². The van der Waals surface area contributed by atoms with E-state index in [0.717, 1.165) is 0 Å². The first kappa shape index (κ1) is 12.3. The van der Waals surface area contributed by atoms with Gasteiger partial charge in [-0.2, -0.15) is 8.42 Å². The zero-order chi connectivity index (χ0) is 13.2. The summed E-state index contributed by atoms with van der Waals surface area (Å²) in [4.78, 5) is 16.9. The van der Waals surface area contributed by atoms with E-state index in [-0.39, 0.29) is 5.03 Å². The summed E-state index contributed by atoms with van der Waals surface area (Å²) < 4.78 is 26.2. The Kier molecular flexibility index (Phi) is 3.15. The maximum Gasteiger partial charge on any atom is 0.278 e. The number of aryl methyl sites for hydroxylation is 1. The zero-order valence-electron chi connectivity index (χ0n) is 9.54. The fourth-order valence-electron chi connectivity index (χ4n) is 1.37. The normalized spacial score (nSPS) is 11.2. The number of imidazole rings is 1. The minimum Gasteiger partial charge on any atom is -0.332 e. The van der Waals surface area contributed by atoms with E-state index in [0.29, 0.717) is 23.4 Å². The first-order valence-electron chi connectivity index (χ1n) is 5.11. The maximum absolute atomic E-state index is 11.9. The van der Waals surface area contributed by atoms with Crippen LogP contribution in [0.3, 0.4) is 0 Å². The number of aromatic nitrogens is 2. The minimum absolute atomic E-state index is 0.000496. The molecule has 0 atom stereocenters. The Hall–Kier alpha value is -2.15. The van der Waals surface area contributed by atoms with Crippen molar-refractivity contribution in [3.63, 3.8) is 0 Å². The summed E-state index contributed by atoms with van der Waals surface area (Å²) in [5.74, 6) is 0.520.